The van der Waals surface area contributed by atoms with Gasteiger partial charge >= 0.3 is 30.0 Å². The van der Waals surface area contributed by atoms with Crippen molar-refractivity contribution >= 4 is 52.9 Å². The molecular weight excluding hydrogens is 740 g/mol. The zero-order chi connectivity index (χ0) is 39.0. The molecule has 1 fully saturated rings. The third-order valence-corrected chi connectivity index (χ3v) is 8.31. The predicted molar refractivity (Wildman–Crippen MR) is 187 cm³/mol. The van der Waals surface area contributed by atoms with E-state index in [1.54, 1.807) is 25.1 Å². The van der Waals surface area contributed by atoms with Crippen LogP contribution in [-0.4, -0.2) is 69.1 Å². The number of halogens is 5. The van der Waals surface area contributed by atoms with E-state index in [-0.39, 0.29) is 42.5 Å². The highest BCUT2D eigenvalue weighted by atomic mass is 35.5. The summed E-state index contributed by atoms with van der Waals surface area (Å²) in [6, 6.07) is 15.0. The van der Waals surface area contributed by atoms with Crippen molar-refractivity contribution in [3.05, 3.63) is 99.8 Å². The van der Waals surface area contributed by atoms with Gasteiger partial charge in [-0.1, -0.05) is 35.9 Å². The minimum atomic E-state index is -4.65. The summed E-state index contributed by atoms with van der Waals surface area (Å²) in [4.78, 5) is 61.3. The average Bonchev–Trinajstić information content (AvgIpc) is 3.90. The molecular formula is C35H33ClF4N8O6. The number of carbonyl (C=O) groups excluding carboxylic acids is 3. The van der Waals surface area contributed by atoms with E-state index in [1.807, 2.05) is 12.1 Å². The van der Waals surface area contributed by atoms with Crippen molar-refractivity contribution in [2.24, 2.45) is 0 Å². The lowest BCUT2D eigenvalue weighted by Gasteiger charge is -2.19. The maximum absolute atomic E-state index is 14.0. The second-order valence-electron chi connectivity index (χ2n) is 12.3. The Morgan fingerprint density at radius 3 is 2.22 bits per heavy atom. The minimum Gasteiger partial charge on any atom is -0.480 e. The van der Waals surface area contributed by atoms with Gasteiger partial charge in [0.25, 0.3) is 5.91 Å². The van der Waals surface area contributed by atoms with E-state index >= 15 is 0 Å². The van der Waals surface area contributed by atoms with E-state index in [9.17, 15) is 41.8 Å². The molecule has 3 aromatic carbocycles. The first-order valence-electron chi connectivity index (χ1n) is 16.3. The Morgan fingerprint density at radius 2 is 1.59 bits per heavy atom. The van der Waals surface area contributed by atoms with Gasteiger partial charge in [0.2, 0.25) is 11.9 Å². The van der Waals surface area contributed by atoms with Gasteiger partial charge in [0.1, 0.15) is 11.9 Å². The number of alkyl halides is 3. The number of benzene rings is 3. The van der Waals surface area contributed by atoms with Crippen LogP contribution in [0.25, 0.3) is 0 Å². The standard InChI is InChI=1S/C35H33ClF4N8O6/c1-19-2-3-21(25(37)16-19)17-42-29(51)28(50)41-15-12-26(30(52)53)44-27(49)20-4-10-24(11-5-20)43-31-45-32(47-33(46-31)54-18-35(38,39)40)48-34(13-14-34)22-6-8-23(36)9-7-22/h2-11,16,26H,12-15,17-18H2,1H3,(H,41,50)(H,42,51)(H,44,49)(H,52,53)(H2,43,45,46,47,48)/t26-/m0/s1. The van der Waals surface area contributed by atoms with Gasteiger partial charge in [0, 0.05) is 34.9 Å². The van der Waals surface area contributed by atoms with Gasteiger partial charge in [-0.15, -0.1) is 0 Å². The molecule has 19 heteroatoms. The number of hydrogen-bond donors (Lipinski definition) is 6. The Bertz CT molecular complexity index is 2010. The Labute approximate surface area is 310 Å². The fourth-order valence-electron chi connectivity index (χ4n) is 5.07. The molecule has 0 spiro atoms. The zero-order valence-electron chi connectivity index (χ0n) is 28.4. The molecule has 6 N–H and O–H groups in total. The van der Waals surface area contributed by atoms with Crippen molar-refractivity contribution in [2.75, 3.05) is 23.8 Å². The minimum absolute atomic E-state index is 0.0457. The molecule has 5 rings (SSSR count). The molecule has 1 heterocycles. The van der Waals surface area contributed by atoms with Crippen molar-refractivity contribution in [1.82, 2.24) is 30.9 Å². The molecule has 3 amide bonds. The smallest absolute Gasteiger partial charge is 0.422 e. The van der Waals surface area contributed by atoms with Gasteiger partial charge in [0.15, 0.2) is 6.61 Å². The Morgan fingerprint density at radius 1 is 0.926 bits per heavy atom. The molecule has 1 aliphatic carbocycles. The van der Waals surface area contributed by atoms with Crippen LogP contribution in [0.3, 0.4) is 0 Å². The highest BCUT2D eigenvalue weighted by Gasteiger charge is 2.45. The molecule has 0 aliphatic heterocycles. The lowest BCUT2D eigenvalue weighted by molar-refractivity contribution is -0.154. The maximum atomic E-state index is 14.0. The number of nitrogens with zero attached hydrogens (tertiary/aromatic N) is 3. The monoisotopic (exact) mass is 772 g/mol. The number of amides is 3. The Balaban J connectivity index is 1.17. The van der Waals surface area contributed by atoms with Gasteiger partial charge in [-0.3, -0.25) is 14.4 Å². The summed E-state index contributed by atoms with van der Waals surface area (Å²) in [5.41, 5.74) is 1.52. The number of aromatic nitrogens is 3. The first kappa shape index (κ1) is 39.2. The summed E-state index contributed by atoms with van der Waals surface area (Å²) >= 11 is 6.01. The number of ether oxygens (including phenoxy) is 1. The fraction of sp³-hybridized carbons (Fsp3) is 0.286. The molecule has 0 saturated heterocycles. The summed E-state index contributed by atoms with van der Waals surface area (Å²) in [5.74, 6) is -5.07. The Hall–Kier alpha value is -6.04. The van der Waals surface area contributed by atoms with Crippen LogP contribution in [0.2, 0.25) is 5.02 Å². The zero-order valence-corrected chi connectivity index (χ0v) is 29.1. The number of rotatable bonds is 15. The van der Waals surface area contributed by atoms with E-state index in [0.717, 1.165) is 5.56 Å². The second kappa shape index (κ2) is 16.7. The highest BCUT2D eigenvalue weighted by molar-refractivity contribution is 6.35. The van der Waals surface area contributed by atoms with E-state index in [4.69, 9.17) is 16.3 Å². The molecule has 0 bridgehead atoms. The molecule has 284 valence electrons. The lowest BCUT2D eigenvalue weighted by atomic mass is 10.1. The molecule has 14 nitrogen and oxygen atoms in total. The summed E-state index contributed by atoms with van der Waals surface area (Å²) in [6.07, 6.45) is -3.55. The van der Waals surface area contributed by atoms with Crippen LogP contribution in [0, 0.1) is 12.7 Å². The van der Waals surface area contributed by atoms with E-state index in [0.29, 0.717) is 29.1 Å². The molecule has 0 radical (unpaired) electrons. The van der Waals surface area contributed by atoms with E-state index in [1.165, 1.54) is 36.4 Å². The number of carbonyl (C=O) groups is 4. The van der Waals surface area contributed by atoms with Crippen LogP contribution >= 0.6 is 11.6 Å². The van der Waals surface area contributed by atoms with Crippen LogP contribution in [-0.2, 0) is 26.5 Å². The first-order valence-corrected chi connectivity index (χ1v) is 16.7. The highest BCUT2D eigenvalue weighted by Crippen LogP contribution is 2.48. The molecule has 1 saturated carbocycles. The number of hydrogen-bond acceptors (Lipinski definition) is 10. The average molecular weight is 773 g/mol. The van der Waals surface area contributed by atoms with Crippen molar-refractivity contribution in [2.45, 2.75) is 50.5 Å². The number of nitrogens with one attached hydrogen (secondary N) is 5. The number of aliphatic carboxylic acids is 1. The number of carboxylic acid groups (broad SMARTS) is 1. The fourth-order valence-corrected chi connectivity index (χ4v) is 5.19. The third-order valence-electron chi connectivity index (χ3n) is 8.06. The van der Waals surface area contributed by atoms with Gasteiger partial charge in [0.05, 0.1) is 5.54 Å². The first-order chi connectivity index (χ1) is 25.6. The number of aryl methyl sites for hydroxylation is 1. The quantitative estimate of drug-likeness (QED) is 0.0720. The largest absolute Gasteiger partial charge is 0.480 e. The van der Waals surface area contributed by atoms with Gasteiger partial charge in [-0.05, 0) is 79.8 Å². The molecule has 0 unspecified atom stereocenters. The SMILES string of the molecule is Cc1ccc(CNC(=O)C(=O)NCC[C@H](NC(=O)c2ccc(Nc3nc(NC4(c5ccc(Cl)cc5)CC4)nc(OCC(F)(F)F)n3)cc2)C(=O)O)c(F)c1. The Kier molecular flexibility index (Phi) is 12.1. The molecule has 1 aromatic heterocycles. The molecule has 54 heavy (non-hydrogen) atoms. The molecule has 4 aromatic rings. The second-order valence-corrected chi connectivity index (χ2v) is 12.7. The predicted octanol–water partition coefficient (Wildman–Crippen LogP) is 4.76. The van der Waals surface area contributed by atoms with Crippen LogP contribution < -0.4 is 31.3 Å². The van der Waals surface area contributed by atoms with Crippen molar-refractivity contribution in [3.63, 3.8) is 0 Å². The van der Waals surface area contributed by atoms with Crippen LogP contribution in [0.15, 0.2) is 66.7 Å². The molecule has 1 aliphatic rings. The number of carboxylic acids is 1. The van der Waals surface area contributed by atoms with Gasteiger partial charge < -0.3 is 36.4 Å². The van der Waals surface area contributed by atoms with Gasteiger partial charge in [-0.2, -0.15) is 28.1 Å². The van der Waals surface area contributed by atoms with Crippen LogP contribution in [0.4, 0.5) is 35.1 Å². The summed E-state index contributed by atoms with van der Waals surface area (Å²) in [5, 5.41) is 23.0. The van der Waals surface area contributed by atoms with Crippen LogP contribution in [0.5, 0.6) is 6.01 Å². The van der Waals surface area contributed by atoms with Crippen LogP contribution in [0.1, 0.15) is 46.3 Å². The lowest BCUT2D eigenvalue weighted by Crippen LogP contribution is -2.45. The third kappa shape index (κ3) is 11.0. The van der Waals surface area contributed by atoms with Gasteiger partial charge in [-0.25, -0.2) is 9.18 Å². The topological polar surface area (TPSA) is 197 Å². The van der Waals surface area contributed by atoms with Crippen molar-refractivity contribution < 1.29 is 46.6 Å². The normalized spacial score (nSPS) is 13.6. The van der Waals surface area contributed by atoms with E-state index in [2.05, 4.69) is 41.5 Å². The van der Waals surface area contributed by atoms with Crippen molar-refractivity contribution in [1.29, 1.82) is 0 Å². The summed E-state index contributed by atoms with van der Waals surface area (Å²) < 4.78 is 57.6. The van der Waals surface area contributed by atoms with E-state index < -0.39 is 59.9 Å². The summed E-state index contributed by atoms with van der Waals surface area (Å²) in [7, 11) is 0. The number of anilines is 3. The summed E-state index contributed by atoms with van der Waals surface area (Å²) in [6.45, 7) is -0.469. The molecule has 1 atom stereocenters. The maximum Gasteiger partial charge on any atom is 0.422 e. The van der Waals surface area contributed by atoms with Crippen molar-refractivity contribution in [3.8, 4) is 6.01 Å².